The summed E-state index contributed by atoms with van der Waals surface area (Å²) >= 11 is 0. The van der Waals surface area contributed by atoms with Gasteiger partial charge < -0.3 is 10.5 Å². The first-order valence-corrected chi connectivity index (χ1v) is 6.03. The zero-order valence-electron chi connectivity index (χ0n) is 9.66. The molecule has 2 unspecified atom stereocenters. The smallest absolute Gasteiger partial charge is 0.200 e. The minimum absolute atomic E-state index is 0.00431. The lowest BCUT2D eigenvalue weighted by molar-refractivity contribution is 0.0918. The molecule has 1 saturated carbocycles. The van der Waals surface area contributed by atoms with E-state index in [-0.39, 0.29) is 17.8 Å². The third-order valence-electron chi connectivity index (χ3n) is 3.34. The van der Waals surface area contributed by atoms with Crippen molar-refractivity contribution in [3.05, 3.63) is 29.8 Å². The molecule has 0 radical (unpaired) electrons. The van der Waals surface area contributed by atoms with E-state index in [4.69, 9.17) is 10.5 Å². The molecule has 17 heavy (non-hydrogen) atoms. The van der Waals surface area contributed by atoms with E-state index in [1.54, 1.807) is 0 Å². The Hall–Kier alpha value is -1.16. The van der Waals surface area contributed by atoms with E-state index in [0.29, 0.717) is 6.54 Å². The summed E-state index contributed by atoms with van der Waals surface area (Å²) in [6.07, 6.45) is 3.95. The second-order valence-corrected chi connectivity index (χ2v) is 4.49. The Morgan fingerprint density at radius 2 is 2.00 bits per heavy atom. The maximum Gasteiger partial charge on any atom is 0.200 e. The highest BCUT2D eigenvalue weighted by Gasteiger charge is 2.26. The fourth-order valence-electron chi connectivity index (χ4n) is 2.34. The second kappa shape index (κ2) is 5.45. The molecule has 2 N–H and O–H groups in total. The van der Waals surface area contributed by atoms with Gasteiger partial charge in [-0.05, 0) is 37.9 Å². The average molecular weight is 241 g/mol. The molecule has 2 nitrogen and oxygen atoms in total. The predicted octanol–water partition coefficient (Wildman–Crippen LogP) is 2.86. The first-order chi connectivity index (χ1) is 8.22. The van der Waals surface area contributed by atoms with Crippen LogP contribution < -0.4 is 10.5 Å². The lowest BCUT2D eigenvalue weighted by atomic mass is 9.86. The summed E-state index contributed by atoms with van der Waals surface area (Å²) in [4.78, 5) is 0. The van der Waals surface area contributed by atoms with Gasteiger partial charge in [0, 0.05) is 5.92 Å². The van der Waals surface area contributed by atoms with Crippen molar-refractivity contribution in [1.82, 2.24) is 0 Å². The normalized spacial score (nSPS) is 24.6. The largest absolute Gasteiger partial charge is 0.487 e. The molecular weight excluding hydrogens is 224 g/mol. The summed E-state index contributed by atoms with van der Waals surface area (Å²) < 4.78 is 32.1. The number of hydrogen-bond acceptors (Lipinski definition) is 2. The van der Waals surface area contributed by atoms with Crippen LogP contribution in [0.5, 0.6) is 5.75 Å². The third-order valence-corrected chi connectivity index (χ3v) is 3.34. The molecule has 0 aliphatic heterocycles. The van der Waals surface area contributed by atoms with Crippen molar-refractivity contribution in [3.63, 3.8) is 0 Å². The molecule has 94 valence electrons. The number of benzene rings is 1. The van der Waals surface area contributed by atoms with E-state index in [0.717, 1.165) is 31.7 Å². The Bertz CT molecular complexity index is 384. The molecule has 0 saturated heterocycles. The van der Waals surface area contributed by atoms with Gasteiger partial charge in [-0.25, -0.2) is 4.39 Å². The molecule has 1 aromatic carbocycles. The number of ether oxygens (including phenoxy) is 1. The van der Waals surface area contributed by atoms with Crippen molar-refractivity contribution in [2.45, 2.75) is 31.8 Å². The molecule has 1 aromatic rings. The fourth-order valence-corrected chi connectivity index (χ4v) is 2.34. The summed E-state index contributed by atoms with van der Waals surface area (Å²) in [7, 11) is 0. The van der Waals surface area contributed by atoms with Crippen molar-refractivity contribution in [2.75, 3.05) is 6.54 Å². The van der Waals surface area contributed by atoms with Crippen LogP contribution in [0.15, 0.2) is 18.2 Å². The highest BCUT2D eigenvalue weighted by atomic mass is 19.2. The minimum Gasteiger partial charge on any atom is -0.487 e. The zero-order valence-corrected chi connectivity index (χ0v) is 9.66. The highest BCUT2D eigenvalue weighted by Crippen LogP contribution is 2.29. The van der Waals surface area contributed by atoms with Crippen molar-refractivity contribution in [2.24, 2.45) is 11.7 Å². The molecule has 4 heteroatoms. The minimum atomic E-state index is -0.908. The van der Waals surface area contributed by atoms with Gasteiger partial charge in [0.05, 0.1) is 0 Å². The Labute approximate surface area is 99.8 Å². The van der Waals surface area contributed by atoms with Gasteiger partial charge in [-0.2, -0.15) is 4.39 Å². The standard InChI is InChI=1S/C13H17F2NO/c14-10-5-3-7-12(13(10)15)17-11-6-2-1-4-9(11)8-16/h3,5,7,9,11H,1-2,4,6,8,16H2. The summed E-state index contributed by atoms with van der Waals surface area (Å²) in [5, 5.41) is 0. The summed E-state index contributed by atoms with van der Waals surface area (Å²) in [5.74, 6) is -1.54. The van der Waals surface area contributed by atoms with Crippen LogP contribution in [0.3, 0.4) is 0 Å². The number of hydrogen-bond donors (Lipinski definition) is 1. The van der Waals surface area contributed by atoms with Crippen LogP contribution in [0.2, 0.25) is 0 Å². The lowest BCUT2D eigenvalue weighted by Crippen LogP contribution is -2.35. The van der Waals surface area contributed by atoms with Gasteiger partial charge in [-0.3, -0.25) is 0 Å². The topological polar surface area (TPSA) is 35.2 Å². The van der Waals surface area contributed by atoms with Crippen LogP contribution in [-0.4, -0.2) is 12.6 Å². The predicted molar refractivity (Wildman–Crippen MR) is 61.8 cm³/mol. The first kappa shape index (κ1) is 12.3. The van der Waals surface area contributed by atoms with Gasteiger partial charge in [0.15, 0.2) is 11.6 Å². The van der Waals surface area contributed by atoms with Gasteiger partial charge in [0.2, 0.25) is 5.82 Å². The van der Waals surface area contributed by atoms with Crippen LogP contribution in [0.4, 0.5) is 8.78 Å². The Morgan fingerprint density at radius 3 is 2.76 bits per heavy atom. The molecule has 1 aliphatic rings. The maximum atomic E-state index is 13.5. The van der Waals surface area contributed by atoms with Gasteiger partial charge in [0.1, 0.15) is 6.10 Å². The van der Waals surface area contributed by atoms with Crippen LogP contribution >= 0.6 is 0 Å². The summed E-state index contributed by atoms with van der Waals surface area (Å²) in [6, 6.07) is 4.00. The number of halogens is 2. The quantitative estimate of drug-likeness (QED) is 0.883. The SMILES string of the molecule is NCC1CCCCC1Oc1cccc(F)c1F. The molecule has 2 atom stereocenters. The van der Waals surface area contributed by atoms with Crippen molar-refractivity contribution >= 4 is 0 Å². The summed E-state index contributed by atoms with van der Waals surface area (Å²) in [5.41, 5.74) is 5.67. The van der Waals surface area contributed by atoms with E-state index in [1.165, 1.54) is 12.1 Å². The van der Waals surface area contributed by atoms with Crippen molar-refractivity contribution < 1.29 is 13.5 Å². The molecule has 1 fully saturated rings. The van der Waals surface area contributed by atoms with Gasteiger partial charge in [-0.15, -0.1) is 0 Å². The summed E-state index contributed by atoms with van der Waals surface area (Å²) in [6.45, 7) is 0.529. The zero-order chi connectivity index (χ0) is 12.3. The van der Waals surface area contributed by atoms with Crippen molar-refractivity contribution in [1.29, 1.82) is 0 Å². The Balaban J connectivity index is 2.11. The van der Waals surface area contributed by atoms with Crippen LogP contribution in [0.25, 0.3) is 0 Å². The molecule has 0 amide bonds. The molecule has 1 aliphatic carbocycles. The van der Waals surface area contributed by atoms with Crippen LogP contribution in [-0.2, 0) is 0 Å². The van der Waals surface area contributed by atoms with E-state index < -0.39 is 11.6 Å². The lowest BCUT2D eigenvalue weighted by Gasteiger charge is -2.31. The van der Waals surface area contributed by atoms with Crippen molar-refractivity contribution in [3.8, 4) is 5.75 Å². The molecule has 0 spiro atoms. The van der Waals surface area contributed by atoms with Crippen LogP contribution in [0.1, 0.15) is 25.7 Å². The Morgan fingerprint density at radius 1 is 1.24 bits per heavy atom. The molecular formula is C13H17F2NO. The van der Waals surface area contributed by atoms with Crippen LogP contribution in [0, 0.1) is 17.6 Å². The molecule has 0 heterocycles. The molecule has 0 bridgehead atoms. The third kappa shape index (κ3) is 2.75. The first-order valence-electron chi connectivity index (χ1n) is 6.03. The van der Waals surface area contributed by atoms with Gasteiger partial charge in [-0.1, -0.05) is 12.5 Å². The number of nitrogens with two attached hydrogens (primary N) is 1. The van der Waals surface area contributed by atoms with Gasteiger partial charge in [0.25, 0.3) is 0 Å². The second-order valence-electron chi connectivity index (χ2n) is 4.49. The van der Waals surface area contributed by atoms with Gasteiger partial charge >= 0.3 is 0 Å². The molecule has 2 rings (SSSR count). The average Bonchev–Trinajstić information content (AvgIpc) is 2.35. The fraction of sp³-hybridized carbons (Fsp3) is 0.538. The van der Waals surface area contributed by atoms with E-state index in [1.807, 2.05) is 0 Å². The maximum absolute atomic E-state index is 13.5. The molecule has 0 aromatic heterocycles. The van der Waals surface area contributed by atoms with E-state index in [2.05, 4.69) is 0 Å². The van der Waals surface area contributed by atoms with E-state index >= 15 is 0 Å². The highest BCUT2D eigenvalue weighted by molar-refractivity contribution is 5.25. The number of rotatable bonds is 3. The Kier molecular flexibility index (Phi) is 3.94. The van der Waals surface area contributed by atoms with E-state index in [9.17, 15) is 8.78 Å². The monoisotopic (exact) mass is 241 g/mol.